The topological polar surface area (TPSA) is 100 Å². The number of imidazole rings is 1. The van der Waals surface area contributed by atoms with Gasteiger partial charge in [-0.05, 0) is 75.7 Å². The van der Waals surface area contributed by atoms with Gasteiger partial charge in [-0.3, -0.25) is 13.9 Å². The van der Waals surface area contributed by atoms with E-state index in [0.717, 1.165) is 61.9 Å². The number of nitrogens with one attached hydrogen (secondary N) is 1. The number of carbonyl (C=O) groups is 1. The Morgan fingerprint density at radius 3 is 2.78 bits per heavy atom. The maximum absolute atomic E-state index is 13.6. The molecule has 196 valence electrons. The minimum Gasteiger partial charge on any atom is -0.466 e. The number of aryl methyl sites for hydroxylation is 1. The fourth-order valence-corrected chi connectivity index (χ4v) is 8.34. The molecule has 2 aromatic heterocycles. The molecule has 1 saturated heterocycles. The van der Waals surface area contributed by atoms with E-state index in [4.69, 9.17) is 14.5 Å². The third-order valence-corrected chi connectivity index (χ3v) is 9.71. The number of allylic oxidation sites excluding steroid dienone is 1. The van der Waals surface area contributed by atoms with Crippen molar-refractivity contribution in [3.05, 3.63) is 40.1 Å². The van der Waals surface area contributed by atoms with Crippen LogP contribution in [0.25, 0.3) is 11.2 Å². The van der Waals surface area contributed by atoms with E-state index in [0.29, 0.717) is 30.0 Å². The fourth-order valence-electron chi connectivity index (χ4n) is 8.34. The van der Waals surface area contributed by atoms with Crippen LogP contribution in [0.4, 0.5) is 5.95 Å². The van der Waals surface area contributed by atoms with Crippen LogP contribution in [0.3, 0.4) is 0 Å². The van der Waals surface area contributed by atoms with Crippen molar-refractivity contribution in [3.63, 3.8) is 0 Å². The fraction of sp³-hybridized carbons (Fsp3) is 0.643. The summed E-state index contributed by atoms with van der Waals surface area (Å²) in [5.41, 5.74) is 3.09. The van der Waals surface area contributed by atoms with E-state index in [1.165, 1.54) is 0 Å². The maximum Gasteiger partial charge on any atom is 0.330 e. The molecule has 9 heteroatoms. The van der Waals surface area contributed by atoms with Crippen LogP contribution in [0.1, 0.15) is 58.4 Å². The molecule has 0 spiro atoms. The van der Waals surface area contributed by atoms with Crippen molar-refractivity contribution in [1.82, 2.24) is 19.1 Å². The van der Waals surface area contributed by atoms with Crippen molar-refractivity contribution in [2.24, 2.45) is 36.1 Å². The van der Waals surface area contributed by atoms with Crippen molar-refractivity contribution < 1.29 is 14.3 Å². The highest BCUT2D eigenvalue weighted by molar-refractivity contribution is 5.78. The molecule has 37 heavy (non-hydrogen) atoms. The molecule has 5 aliphatic carbocycles. The van der Waals surface area contributed by atoms with E-state index in [-0.39, 0.29) is 41.1 Å². The Bertz CT molecular complexity index is 1390. The Morgan fingerprint density at radius 1 is 1.24 bits per heavy atom. The monoisotopic (exact) mass is 505 g/mol. The van der Waals surface area contributed by atoms with Crippen LogP contribution in [-0.4, -0.2) is 44.4 Å². The highest BCUT2D eigenvalue weighted by Gasteiger charge is 2.60. The minimum atomic E-state index is -0.377. The second-order valence-corrected chi connectivity index (χ2v) is 11.9. The zero-order chi connectivity index (χ0) is 25.5. The van der Waals surface area contributed by atoms with E-state index in [2.05, 4.69) is 29.4 Å². The largest absolute Gasteiger partial charge is 0.466 e. The lowest BCUT2D eigenvalue weighted by molar-refractivity contribution is -0.175. The van der Waals surface area contributed by atoms with Gasteiger partial charge in [0, 0.05) is 31.3 Å². The smallest absolute Gasteiger partial charge is 0.330 e. The molecular formula is C28H35N5O4. The summed E-state index contributed by atoms with van der Waals surface area (Å²) < 4.78 is 14.9. The summed E-state index contributed by atoms with van der Waals surface area (Å²) in [5, 5.41) is 3.42. The molecule has 1 N–H and O–H groups in total. The molecule has 0 aromatic carbocycles. The van der Waals surface area contributed by atoms with Crippen LogP contribution in [0.2, 0.25) is 0 Å². The number of esters is 1. The number of hydrogen-bond donors (Lipinski definition) is 1. The number of fused-ring (bicyclic) bond motifs is 2. The van der Waals surface area contributed by atoms with Crippen LogP contribution in [0, 0.1) is 29.1 Å². The van der Waals surface area contributed by atoms with Crippen molar-refractivity contribution in [2.45, 2.75) is 64.5 Å². The first kappa shape index (κ1) is 23.2. The Kier molecular flexibility index (Phi) is 5.19. The Labute approximate surface area is 215 Å². The highest BCUT2D eigenvalue weighted by atomic mass is 16.5. The molecule has 0 radical (unpaired) electrons. The second kappa shape index (κ2) is 8.28. The third kappa shape index (κ3) is 3.46. The van der Waals surface area contributed by atoms with Crippen molar-refractivity contribution in [2.75, 3.05) is 18.5 Å². The van der Waals surface area contributed by atoms with Crippen LogP contribution in [-0.2, 0) is 21.3 Å². The Balaban J connectivity index is 1.24. The third-order valence-electron chi connectivity index (χ3n) is 9.71. The van der Waals surface area contributed by atoms with Crippen molar-refractivity contribution >= 4 is 23.1 Å². The maximum atomic E-state index is 13.6. The number of hydrogen-bond acceptors (Lipinski definition) is 7. The lowest BCUT2D eigenvalue weighted by atomic mass is 9.48. The van der Waals surface area contributed by atoms with Gasteiger partial charge in [0.25, 0.3) is 0 Å². The molecule has 4 bridgehead atoms. The summed E-state index contributed by atoms with van der Waals surface area (Å²) >= 11 is 0. The van der Waals surface area contributed by atoms with Gasteiger partial charge in [-0.15, -0.1) is 0 Å². The van der Waals surface area contributed by atoms with Crippen molar-refractivity contribution in [3.8, 4) is 0 Å². The summed E-state index contributed by atoms with van der Waals surface area (Å²) in [6.45, 7) is 5.15. The van der Waals surface area contributed by atoms with E-state index in [1.807, 2.05) is 11.5 Å². The number of anilines is 1. The lowest BCUT2D eigenvalue weighted by Gasteiger charge is -2.58. The molecule has 5 fully saturated rings. The molecule has 8 rings (SSSR count). The summed E-state index contributed by atoms with van der Waals surface area (Å²) in [6, 6.07) is 0.0463. The second-order valence-electron chi connectivity index (χ2n) is 11.9. The van der Waals surface area contributed by atoms with E-state index < -0.39 is 0 Å². The molecule has 9 nitrogen and oxygen atoms in total. The van der Waals surface area contributed by atoms with Gasteiger partial charge < -0.3 is 14.8 Å². The number of nitrogens with zero attached hydrogens (tertiary/aromatic N) is 4. The van der Waals surface area contributed by atoms with Gasteiger partial charge in [-0.1, -0.05) is 12.2 Å². The molecule has 3 heterocycles. The van der Waals surface area contributed by atoms with Gasteiger partial charge in [0.1, 0.15) is 5.52 Å². The molecule has 4 unspecified atom stereocenters. The van der Waals surface area contributed by atoms with Crippen molar-refractivity contribution in [1.29, 1.82) is 0 Å². The standard InChI is InChI=1S/C28H35N5O4/c1-4-36-25(34)28-11-16-8-18(12-28)23(19(9-16)13-28)33-24-21(32(3)27(33)35)14-29-26(31-24)30-20-10-17-5-6-37-22(17)7-15(20)2/h7,10,14,16-19,22-23H,4-6,8-9,11-13H2,1-3H3,(H,29,30,31). The first-order valence-electron chi connectivity index (χ1n) is 13.8. The quantitative estimate of drug-likeness (QED) is 0.618. The van der Waals surface area contributed by atoms with Crippen LogP contribution in [0.5, 0.6) is 0 Å². The van der Waals surface area contributed by atoms with E-state index >= 15 is 0 Å². The predicted molar refractivity (Wildman–Crippen MR) is 138 cm³/mol. The van der Waals surface area contributed by atoms with Crippen LogP contribution in [0.15, 0.2) is 34.4 Å². The first-order valence-corrected chi connectivity index (χ1v) is 13.8. The zero-order valence-electron chi connectivity index (χ0n) is 21.8. The van der Waals surface area contributed by atoms with Gasteiger partial charge in [0.05, 0.1) is 24.3 Å². The molecule has 4 saturated carbocycles. The molecule has 6 aliphatic rings. The predicted octanol–water partition coefficient (Wildman–Crippen LogP) is 3.72. The van der Waals surface area contributed by atoms with E-state index in [9.17, 15) is 9.59 Å². The summed E-state index contributed by atoms with van der Waals surface area (Å²) in [7, 11) is 1.80. The zero-order valence-corrected chi connectivity index (χ0v) is 21.8. The van der Waals surface area contributed by atoms with Gasteiger partial charge >= 0.3 is 11.7 Å². The highest BCUT2D eigenvalue weighted by Crippen LogP contribution is 2.64. The van der Waals surface area contributed by atoms with Gasteiger partial charge in [-0.2, -0.15) is 4.98 Å². The number of aromatic nitrogens is 4. The van der Waals surface area contributed by atoms with Crippen LogP contribution >= 0.6 is 0 Å². The number of ether oxygens (including phenoxy) is 2. The number of rotatable bonds is 5. The summed E-state index contributed by atoms with van der Waals surface area (Å²) in [5.74, 6) is 1.91. The minimum absolute atomic E-state index is 0.0361. The van der Waals surface area contributed by atoms with Gasteiger partial charge in [-0.25, -0.2) is 9.78 Å². The summed E-state index contributed by atoms with van der Waals surface area (Å²) in [4.78, 5) is 36.1. The lowest BCUT2D eigenvalue weighted by Crippen LogP contribution is -2.55. The molecule has 4 atom stereocenters. The molecular weight excluding hydrogens is 470 g/mol. The van der Waals surface area contributed by atoms with Crippen LogP contribution < -0.4 is 11.0 Å². The Morgan fingerprint density at radius 2 is 2.03 bits per heavy atom. The SMILES string of the molecule is CCOC(=O)C12CC3CC(C1)C(n1c(=O)n(C)c4cnc(NC5=CC6CCOC6C=C5C)nc41)C(C3)C2. The average molecular weight is 506 g/mol. The van der Waals surface area contributed by atoms with Gasteiger partial charge in [0.15, 0.2) is 5.65 Å². The van der Waals surface area contributed by atoms with Gasteiger partial charge in [0.2, 0.25) is 5.95 Å². The Hall–Kier alpha value is -2.94. The number of carbonyl (C=O) groups excluding carboxylic acids is 1. The molecule has 0 amide bonds. The first-order chi connectivity index (χ1) is 17.9. The average Bonchev–Trinajstić information content (AvgIpc) is 3.41. The summed E-state index contributed by atoms with van der Waals surface area (Å²) in [6.07, 6.45) is 12.0. The van der Waals surface area contributed by atoms with E-state index in [1.54, 1.807) is 17.8 Å². The molecule has 2 aromatic rings. The normalized spacial score (nSPS) is 35.9. The molecule has 1 aliphatic heterocycles.